The molecule has 0 radical (unpaired) electrons. The maximum absolute atomic E-state index is 8.70. The second-order valence-electron chi connectivity index (χ2n) is 5.09. The molecule has 0 bridgehead atoms. The van der Waals surface area contributed by atoms with Crippen LogP contribution in [-0.2, 0) is 13.1 Å². The van der Waals surface area contributed by atoms with Crippen LogP contribution in [-0.4, -0.2) is 16.3 Å². The molecular weight excluding hydrogens is 260 g/mol. The molecule has 19 heavy (non-hydrogen) atoms. The van der Waals surface area contributed by atoms with E-state index in [0.29, 0.717) is 6.61 Å². The van der Waals surface area contributed by atoms with Gasteiger partial charge in [-0.25, -0.2) is 9.13 Å². The fourth-order valence-corrected chi connectivity index (χ4v) is 2.18. The Morgan fingerprint density at radius 2 is 1.74 bits per heavy atom. The number of hydrogen-bond acceptors (Lipinski definition) is 1. The van der Waals surface area contributed by atoms with Gasteiger partial charge in [-0.15, -0.1) is 0 Å². The van der Waals surface area contributed by atoms with Crippen molar-refractivity contribution in [1.82, 2.24) is 4.57 Å². The smallest absolute Gasteiger partial charge is 0.243 e. The average Bonchev–Trinajstić information content (AvgIpc) is 2.82. The van der Waals surface area contributed by atoms with Crippen LogP contribution < -0.4 is 17.0 Å². The van der Waals surface area contributed by atoms with E-state index in [4.69, 9.17) is 5.11 Å². The van der Waals surface area contributed by atoms with Gasteiger partial charge in [0.2, 0.25) is 6.33 Å². The van der Waals surface area contributed by atoms with E-state index in [2.05, 4.69) is 34.8 Å². The number of rotatable bonds is 11. The molecule has 0 atom stereocenters. The van der Waals surface area contributed by atoms with Crippen molar-refractivity contribution in [2.75, 3.05) is 6.61 Å². The van der Waals surface area contributed by atoms with Crippen molar-refractivity contribution in [1.29, 1.82) is 0 Å². The largest absolute Gasteiger partial charge is 1.00 e. The predicted molar refractivity (Wildman–Crippen MR) is 74.3 cm³/mol. The molecule has 0 aromatic carbocycles. The molecule has 1 aromatic rings. The van der Waals surface area contributed by atoms with Crippen LogP contribution in [0.15, 0.2) is 18.7 Å². The Balaban J connectivity index is 0.00000324. The molecule has 0 aliphatic heterocycles. The third-order valence-corrected chi connectivity index (χ3v) is 3.34. The highest BCUT2D eigenvalue weighted by atomic mass is 35.5. The predicted octanol–water partition coefficient (Wildman–Crippen LogP) is -0.0874. The molecule has 1 heterocycles. The molecule has 1 N–H and O–H groups in total. The Labute approximate surface area is 124 Å². The van der Waals surface area contributed by atoms with Crippen molar-refractivity contribution in [3.63, 3.8) is 0 Å². The number of aromatic nitrogens is 2. The maximum Gasteiger partial charge on any atom is 0.243 e. The van der Waals surface area contributed by atoms with Gasteiger partial charge in [0.25, 0.3) is 0 Å². The molecule has 0 unspecified atom stereocenters. The number of hydrogen-bond donors (Lipinski definition) is 1. The number of halogens is 1. The number of aliphatic hydroxyl groups is 1. The second-order valence-corrected chi connectivity index (χ2v) is 5.09. The zero-order valence-corrected chi connectivity index (χ0v) is 13.0. The minimum Gasteiger partial charge on any atom is -1.00 e. The lowest BCUT2D eigenvalue weighted by Gasteiger charge is -1.98. The maximum atomic E-state index is 8.70. The molecule has 0 amide bonds. The van der Waals surface area contributed by atoms with Crippen LogP contribution in [0.5, 0.6) is 0 Å². The summed E-state index contributed by atoms with van der Waals surface area (Å²) in [5, 5.41) is 8.70. The van der Waals surface area contributed by atoms with Crippen molar-refractivity contribution in [2.24, 2.45) is 0 Å². The highest BCUT2D eigenvalue weighted by molar-refractivity contribution is 4.66. The van der Waals surface area contributed by atoms with Gasteiger partial charge in [-0.3, -0.25) is 0 Å². The van der Waals surface area contributed by atoms with Gasteiger partial charge in [-0.1, -0.05) is 26.2 Å². The summed E-state index contributed by atoms with van der Waals surface area (Å²) in [4.78, 5) is 0. The number of aliphatic hydroxyl groups excluding tert-OH is 1. The van der Waals surface area contributed by atoms with E-state index in [1.165, 1.54) is 38.5 Å². The SMILES string of the molecule is CCCCCCn1cc[n+](CCCCCCO)c1.[Cl-]. The van der Waals surface area contributed by atoms with Crippen molar-refractivity contribution in [3.8, 4) is 0 Å². The molecule has 0 spiro atoms. The summed E-state index contributed by atoms with van der Waals surface area (Å²) in [6, 6.07) is 0. The second kappa shape index (κ2) is 12.5. The van der Waals surface area contributed by atoms with Gasteiger partial charge in [0, 0.05) is 6.61 Å². The van der Waals surface area contributed by atoms with Gasteiger partial charge in [-0.05, 0) is 32.1 Å². The molecule has 112 valence electrons. The first kappa shape index (κ1) is 18.5. The molecule has 0 aliphatic carbocycles. The Bertz CT molecular complexity index is 302. The summed E-state index contributed by atoms with van der Waals surface area (Å²) < 4.78 is 4.57. The van der Waals surface area contributed by atoms with Crippen LogP contribution in [0.4, 0.5) is 0 Å². The molecular formula is C15H29ClN2O. The summed E-state index contributed by atoms with van der Waals surface area (Å²) >= 11 is 0. The first-order valence-corrected chi connectivity index (χ1v) is 7.52. The van der Waals surface area contributed by atoms with Crippen molar-refractivity contribution < 1.29 is 22.1 Å². The van der Waals surface area contributed by atoms with Crippen molar-refractivity contribution in [2.45, 2.75) is 71.4 Å². The monoisotopic (exact) mass is 288 g/mol. The number of aryl methyl sites for hydroxylation is 2. The summed E-state index contributed by atoms with van der Waals surface area (Å²) in [5.41, 5.74) is 0. The third-order valence-electron chi connectivity index (χ3n) is 3.34. The minimum atomic E-state index is 0. The molecule has 3 nitrogen and oxygen atoms in total. The van der Waals surface area contributed by atoms with Gasteiger partial charge < -0.3 is 17.5 Å². The molecule has 0 saturated carbocycles. The van der Waals surface area contributed by atoms with Gasteiger partial charge >= 0.3 is 0 Å². The lowest BCUT2D eigenvalue weighted by atomic mass is 10.2. The van der Waals surface area contributed by atoms with Crippen molar-refractivity contribution >= 4 is 0 Å². The first-order chi connectivity index (χ1) is 8.86. The Kier molecular flexibility index (Phi) is 12.1. The number of nitrogens with zero attached hydrogens (tertiary/aromatic N) is 2. The number of imidazole rings is 1. The van der Waals surface area contributed by atoms with Crippen LogP contribution in [0.1, 0.15) is 58.3 Å². The zero-order valence-electron chi connectivity index (χ0n) is 12.2. The Morgan fingerprint density at radius 1 is 1.00 bits per heavy atom. The zero-order chi connectivity index (χ0) is 13.1. The highest BCUT2D eigenvalue weighted by Gasteiger charge is 2.02. The van der Waals surface area contributed by atoms with Gasteiger partial charge in [0.05, 0.1) is 13.1 Å². The van der Waals surface area contributed by atoms with E-state index >= 15 is 0 Å². The molecule has 4 heteroatoms. The summed E-state index contributed by atoms with van der Waals surface area (Å²) in [5.74, 6) is 0. The van der Waals surface area contributed by atoms with E-state index in [1.807, 2.05) is 0 Å². The molecule has 1 rings (SSSR count). The minimum absolute atomic E-state index is 0. The number of unbranched alkanes of at least 4 members (excludes halogenated alkanes) is 6. The molecule has 0 fully saturated rings. The van der Waals surface area contributed by atoms with Gasteiger partial charge in [0.15, 0.2) is 0 Å². The van der Waals surface area contributed by atoms with Crippen LogP contribution in [0.2, 0.25) is 0 Å². The Morgan fingerprint density at radius 3 is 2.47 bits per heavy atom. The molecule has 0 aliphatic rings. The molecule has 1 aromatic heterocycles. The lowest BCUT2D eigenvalue weighted by Crippen LogP contribution is -3.00. The first-order valence-electron chi connectivity index (χ1n) is 7.52. The standard InChI is InChI=1S/C15H29N2O.ClH/c1-2-3-4-7-10-16-12-13-17(15-16)11-8-5-6-9-14-18;/h12-13,15,18H,2-11,14H2,1H3;1H/q+1;/p-1. The van der Waals surface area contributed by atoms with Crippen LogP contribution in [0.3, 0.4) is 0 Å². The normalized spacial score (nSPS) is 10.4. The van der Waals surface area contributed by atoms with Crippen LogP contribution in [0, 0.1) is 0 Å². The third kappa shape index (κ3) is 9.06. The molecule has 0 saturated heterocycles. The lowest BCUT2D eigenvalue weighted by molar-refractivity contribution is -0.696. The summed E-state index contributed by atoms with van der Waals surface area (Å²) in [6.07, 6.45) is 16.4. The van der Waals surface area contributed by atoms with E-state index in [-0.39, 0.29) is 12.4 Å². The average molecular weight is 289 g/mol. The van der Waals surface area contributed by atoms with E-state index < -0.39 is 0 Å². The van der Waals surface area contributed by atoms with Crippen LogP contribution >= 0.6 is 0 Å². The quantitative estimate of drug-likeness (QED) is 0.448. The highest BCUT2D eigenvalue weighted by Crippen LogP contribution is 2.02. The fraction of sp³-hybridized carbons (Fsp3) is 0.800. The van der Waals surface area contributed by atoms with Gasteiger partial charge in [0.1, 0.15) is 12.4 Å². The van der Waals surface area contributed by atoms with E-state index in [1.54, 1.807) is 0 Å². The Hall–Kier alpha value is -0.540. The summed E-state index contributed by atoms with van der Waals surface area (Å²) in [6.45, 7) is 4.84. The van der Waals surface area contributed by atoms with E-state index in [0.717, 1.165) is 25.9 Å². The van der Waals surface area contributed by atoms with Gasteiger partial charge in [-0.2, -0.15) is 0 Å². The summed E-state index contributed by atoms with van der Waals surface area (Å²) in [7, 11) is 0. The fourth-order valence-electron chi connectivity index (χ4n) is 2.18. The van der Waals surface area contributed by atoms with Crippen molar-refractivity contribution in [3.05, 3.63) is 18.7 Å². The van der Waals surface area contributed by atoms with E-state index in [9.17, 15) is 0 Å². The van der Waals surface area contributed by atoms with Crippen LogP contribution in [0.25, 0.3) is 0 Å². The topological polar surface area (TPSA) is 29.0 Å².